The summed E-state index contributed by atoms with van der Waals surface area (Å²) in [5.41, 5.74) is -1.26. The zero-order valence-corrected chi connectivity index (χ0v) is 11.1. The zero-order chi connectivity index (χ0) is 13.9. The lowest BCUT2D eigenvalue weighted by molar-refractivity contribution is -0.143. The first-order valence-electron chi connectivity index (χ1n) is 6.28. The number of nitrogens with one attached hydrogen (secondary N) is 1. The number of carbonyl (C=O) groups excluding carboxylic acids is 1. The van der Waals surface area contributed by atoms with Gasteiger partial charge in [-0.05, 0) is 25.7 Å². The highest BCUT2D eigenvalue weighted by Crippen LogP contribution is 2.18. The van der Waals surface area contributed by atoms with Crippen LogP contribution >= 0.6 is 0 Å². The van der Waals surface area contributed by atoms with E-state index in [0.717, 1.165) is 6.42 Å². The van der Waals surface area contributed by atoms with E-state index in [0.29, 0.717) is 13.0 Å². The van der Waals surface area contributed by atoms with Gasteiger partial charge in [0.15, 0.2) is 0 Å². The van der Waals surface area contributed by atoms with E-state index in [4.69, 9.17) is 5.11 Å². The average Bonchev–Trinajstić information content (AvgIpc) is 2.32. The number of likely N-dealkylation sites (tertiary alicyclic amines) is 1. The summed E-state index contributed by atoms with van der Waals surface area (Å²) in [6, 6.07) is -0.423. The second kappa shape index (κ2) is 5.56. The molecule has 0 aromatic carbocycles. The van der Waals surface area contributed by atoms with Gasteiger partial charge in [0.2, 0.25) is 0 Å². The number of nitrogens with zero attached hydrogens (tertiary/aromatic N) is 1. The van der Waals surface area contributed by atoms with Crippen molar-refractivity contribution in [3.05, 3.63) is 0 Å². The largest absolute Gasteiger partial charge is 0.480 e. The minimum atomic E-state index is -1.26. The molecule has 1 heterocycles. The fraction of sp³-hybridized carbons (Fsp3) is 0.833. The first kappa shape index (κ1) is 14.8. The van der Waals surface area contributed by atoms with E-state index >= 15 is 0 Å². The van der Waals surface area contributed by atoms with Crippen molar-refractivity contribution in [3.63, 3.8) is 0 Å². The minimum absolute atomic E-state index is 0.172. The molecule has 3 unspecified atom stereocenters. The monoisotopic (exact) mass is 258 g/mol. The molecule has 3 N–H and O–H groups in total. The van der Waals surface area contributed by atoms with E-state index in [1.165, 1.54) is 11.8 Å². The number of carbonyl (C=O) groups is 2. The number of hydrogen-bond donors (Lipinski definition) is 3. The number of piperidine rings is 1. The molecule has 104 valence electrons. The van der Waals surface area contributed by atoms with Gasteiger partial charge in [-0.15, -0.1) is 0 Å². The maximum absolute atomic E-state index is 12.0. The fourth-order valence-corrected chi connectivity index (χ4v) is 1.84. The summed E-state index contributed by atoms with van der Waals surface area (Å²) in [6.45, 7) is 5.93. The zero-order valence-electron chi connectivity index (χ0n) is 11.1. The Morgan fingerprint density at radius 1 is 1.50 bits per heavy atom. The van der Waals surface area contributed by atoms with Crippen LogP contribution in [0.25, 0.3) is 0 Å². The summed E-state index contributed by atoms with van der Waals surface area (Å²) >= 11 is 0. The number of β-amino-alcohol motifs (C(OH)–C–C–N with tert-alkyl or cyclic N) is 1. The van der Waals surface area contributed by atoms with Crippen molar-refractivity contribution < 1.29 is 19.8 Å². The maximum Gasteiger partial charge on any atom is 0.329 e. The summed E-state index contributed by atoms with van der Waals surface area (Å²) in [4.78, 5) is 24.5. The van der Waals surface area contributed by atoms with Crippen LogP contribution in [0.5, 0.6) is 0 Å². The average molecular weight is 258 g/mol. The summed E-state index contributed by atoms with van der Waals surface area (Å²) in [5, 5.41) is 21.3. The van der Waals surface area contributed by atoms with Crippen LogP contribution < -0.4 is 5.32 Å². The Balaban J connectivity index is 2.63. The molecule has 0 bridgehead atoms. The molecule has 6 nitrogen and oxygen atoms in total. The topological polar surface area (TPSA) is 89.9 Å². The van der Waals surface area contributed by atoms with Crippen molar-refractivity contribution in [2.24, 2.45) is 5.92 Å². The van der Waals surface area contributed by atoms with Crippen LogP contribution in [0.1, 0.15) is 33.6 Å². The number of carboxylic acid groups (broad SMARTS) is 1. The number of amides is 2. The number of hydrogen-bond acceptors (Lipinski definition) is 3. The standard InChI is InChI=1S/C12H22N2O4/c1-4-12(3,10(16)17)13-11(18)14-6-5-8(2)9(15)7-14/h8-9,15H,4-7H2,1-3H3,(H,13,18)(H,16,17). The van der Waals surface area contributed by atoms with Gasteiger partial charge < -0.3 is 20.4 Å². The van der Waals surface area contributed by atoms with Crippen LogP contribution in [-0.2, 0) is 4.79 Å². The molecule has 1 aliphatic heterocycles. The highest BCUT2D eigenvalue weighted by atomic mass is 16.4. The molecule has 1 aliphatic rings. The molecule has 1 saturated heterocycles. The molecule has 0 aromatic rings. The molecule has 1 rings (SSSR count). The molecule has 0 saturated carbocycles. The first-order chi connectivity index (χ1) is 8.30. The lowest BCUT2D eigenvalue weighted by atomic mass is 9.96. The van der Waals surface area contributed by atoms with E-state index in [1.54, 1.807) is 6.92 Å². The van der Waals surface area contributed by atoms with Crippen LogP contribution in [-0.4, -0.2) is 51.8 Å². The van der Waals surface area contributed by atoms with Crippen LogP contribution in [0.4, 0.5) is 4.79 Å². The summed E-state index contributed by atoms with van der Waals surface area (Å²) in [7, 11) is 0. The predicted molar refractivity (Wildman–Crippen MR) is 66.2 cm³/mol. The Hall–Kier alpha value is -1.30. The third-order valence-corrected chi connectivity index (χ3v) is 3.77. The number of aliphatic hydroxyl groups is 1. The summed E-state index contributed by atoms with van der Waals surface area (Å²) in [6.07, 6.45) is 0.493. The van der Waals surface area contributed by atoms with Crippen LogP contribution in [0, 0.1) is 5.92 Å². The maximum atomic E-state index is 12.0. The van der Waals surface area contributed by atoms with Crippen molar-refractivity contribution in [3.8, 4) is 0 Å². The fourth-order valence-electron chi connectivity index (χ4n) is 1.84. The molecule has 0 radical (unpaired) electrons. The minimum Gasteiger partial charge on any atom is -0.480 e. The quantitative estimate of drug-likeness (QED) is 0.693. The molecule has 3 atom stereocenters. The highest BCUT2D eigenvalue weighted by Gasteiger charge is 2.36. The lowest BCUT2D eigenvalue weighted by Gasteiger charge is -2.36. The van der Waals surface area contributed by atoms with E-state index in [2.05, 4.69) is 5.32 Å². The van der Waals surface area contributed by atoms with Crippen LogP contribution in [0.2, 0.25) is 0 Å². The Morgan fingerprint density at radius 3 is 2.56 bits per heavy atom. The summed E-state index contributed by atoms with van der Waals surface area (Å²) in [5.74, 6) is -0.879. The molecule has 0 aromatic heterocycles. The van der Waals surface area contributed by atoms with Crippen LogP contribution in [0.15, 0.2) is 0 Å². The van der Waals surface area contributed by atoms with Crippen molar-refractivity contribution in [2.75, 3.05) is 13.1 Å². The smallest absolute Gasteiger partial charge is 0.329 e. The van der Waals surface area contributed by atoms with Crippen molar-refractivity contribution in [2.45, 2.75) is 45.3 Å². The third kappa shape index (κ3) is 3.13. The number of urea groups is 1. The first-order valence-corrected chi connectivity index (χ1v) is 6.28. The molecule has 6 heteroatoms. The Bertz CT molecular complexity index is 334. The molecule has 0 spiro atoms. The summed E-state index contributed by atoms with van der Waals surface area (Å²) < 4.78 is 0. The number of aliphatic carboxylic acids is 1. The molecule has 18 heavy (non-hydrogen) atoms. The number of carboxylic acids is 1. The van der Waals surface area contributed by atoms with Gasteiger partial charge in [-0.3, -0.25) is 0 Å². The molecule has 1 fully saturated rings. The van der Waals surface area contributed by atoms with Gasteiger partial charge in [-0.1, -0.05) is 13.8 Å². The molecule has 2 amide bonds. The van der Waals surface area contributed by atoms with Crippen LogP contribution in [0.3, 0.4) is 0 Å². The Labute approximate surface area is 107 Å². The van der Waals surface area contributed by atoms with E-state index in [1.807, 2.05) is 6.92 Å². The molecular formula is C12H22N2O4. The number of rotatable bonds is 3. The normalized spacial score (nSPS) is 27.4. The van der Waals surface area contributed by atoms with Gasteiger partial charge in [-0.25, -0.2) is 9.59 Å². The van der Waals surface area contributed by atoms with Gasteiger partial charge >= 0.3 is 12.0 Å². The van der Waals surface area contributed by atoms with E-state index in [9.17, 15) is 14.7 Å². The lowest BCUT2D eigenvalue weighted by Crippen LogP contribution is -2.58. The third-order valence-electron chi connectivity index (χ3n) is 3.77. The molecular weight excluding hydrogens is 236 g/mol. The van der Waals surface area contributed by atoms with Gasteiger partial charge in [0.05, 0.1) is 6.10 Å². The second-order valence-electron chi connectivity index (χ2n) is 5.20. The predicted octanol–water partition coefficient (Wildman–Crippen LogP) is 0.652. The van der Waals surface area contributed by atoms with Gasteiger partial charge in [-0.2, -0.15) is 0 Å². The second-order valence-corrected chi connectivity index (χ2v) is 5.20. The van der Waals surface area contributed by atoms with Gasteiger partial charge in [0.1, 0.15) is 5.54 Å². The van der Waals surface area contributed by atoms with E-state index < -0.39 is 23.6 Å². The molecule has 0 aliphatic carbocycles. The van der Waals surface area contributed by atoms with Crippen molar-refractivity contribution >= 4 is 12.0 Å². The Kier molecular flexibility index (Phi) is 4.56. The Morgan fingerprint density at radius 2 is 2.11 bits per heavy atom. The number of aliphatic hydroxyl groups excluding tert-OH is 1. The SMILES string of the molecule is CCC(C)(NC(=O)N1CCC(C)C(O)C1)C(=O)O. The van der Waals surface area contributed by atoms with Gasteiger partial charge in [0, 0.05) is 13.1 Å². The highest BCUT2D eigenvalue weighted by molar-refractivity contribution is 5.85. The van der Waals surface area contributed by atoms with Crippen molar-refractivity contribution in [1.82, 2.24) is 10.2 Å². The van der Waals surface area contributed by atoms with E-state index in [-0.39, 0.29) is 12.5 Å². The van der Waals surface area contributed by atoms with Crippen molar-refractivity contribution in [1.29, 1.82) is 0 Å². The van der Waals surface area contributed by atoms with Gasteiger partial charge in [0.25, 0.3) is 0 Å².